The topological polar surface area (TPSA) is 58.6 Å². The second-order valence-electron chi connectivity index (χ2n) is 6.20. The number of carbonyl (C=O) groups excluding carboxylic acids is 2. The lowest BCUT2D eigenvalue weighted by Gasteiger charge is -2.30. The Kier molecular flexibility index (Phi) is 4.90. The maximum Gasteiger partial charge on any atom is 0.410 e. The molecule has 22 heavy (non-hydrogen) atoms. The van der Waals surface area contributed by atoms with E-state index in [0.29, 0.717) is 31.6 Å². The summed E-state index contributed by atoms with van der Waals surface area (Å²) in [6.07, 6.45) is 2.03. The van der Waals surface area contributed by atoms with Crippen molar-refractivity contribution in [1.82, 2.24) is 10.2 Å². The number of nitrogens with zero attached hydrogens (tertiary/aromatic N) is 1. The highest BCUT2D eigenvalue weighted by molar-refractivity contribution is 7.10. The van der Waals surface area contributed by atoms with Gasteiger partial charge in [-0.2, -0.15) is 0 Å². The first-order valence-corrected chi connectivity index (χ1v) is 8.16. The monoisotopic (exact) mass is 322 g/mol. The number of thiophene rings is 1. The van der Waals surface area contributed by atoms with Crippen LogP contribution in [-0.4, -0.2) is 35.6 Å². The molecule has 1 aliphatic rings. The van der Waals surface area contributed by atoms with Gasteiger partial charge in [0.2, 0.25) is 0 Å². The van der Waals surface area contributed by atoms with Gasteiger partial charge in [0.25, 0.3) is 5.91 Å². The van der Waals surface area contributed by atoms with Crippen LogP contribution in [0.15, 0.2) is 18.0 Å². The summed E-state index contributed by atoms with van der Waals surface area (Å²) in [7, 11) is 0. The highest BCUT2D eigenvalue weighted by Gasteiger charge is 2.28. The third-order valence-corrected chi connectivity index (χ3v) is 4.26. The second kappa shape index (κ2) is 6.52. The van der Waals surface area contributed by atoms with E-state index < -0.39 is 5.60 Å². The molecule has 0 aliphatic carbocycles. The summed E-state index contributed by atoms with van der Waals surface area (Å²) >= 11 is 1.52. The minimum Gasteiger partial charge on any atom is -0.444 e. The van der Waals surface area contributed by atoms with E-state index in [0.717, 1.165) is 10.4 Å². The van der Waals surface area contributed by atoms with Crippen LogP contribution in [0.5, 0.6) is 0 Å². The van der Waals surface area contributed by atoms with Gasteiger partial charge in [-0.15, -0.1) is 17.9 Å². The van der Waals surface area contributed by atoms with E-state index in [2.05, 4.69) is 11.9 Å². The van der Waals surface area contributed by atoms with Gasteiger partial charge < -0.3 is 15.0 Å². The van der Waals surface area contributed by atoms with E-state index in [4.69, 9.17) is 4.74 Å². The molecule has 1 aliphatic heterocycles. The minimum absolute atomic E-state index is 0.0804. The van der Waals surface area contributed by atoms with Crippen LogP contribution in [0.2, 0.25) is 0 Å². The van der Waals surface area contributed by atoms with Crippen molar-refractivity contribution in [3.63, 3.8) is 0 Å². The molecule has 0 saturated heterocycles. The average molecular weight is 322 g/mol. The Morgan fingerprint density at radius 1 is 1.50 bits per heavy atom. The number of ether oxygens (including phenoxy) is 1. The van der Waals surface area contributed by atoms with E-state index >= 15 is 0 Å². The smallest absolute Gasteiger partial charge is 0.410 e. The molecule has 2 heterocycles. The number of rotatable bonds is 3. The molecule has 1 aromatic heterocycles. The van der Waals surface area contributed by atoms with Crippen LogP contribution in [0.3, 0.4) is 0 Å². The Morgan fingerprint density at radius 2 is 2.23 bits per heavy atom. The highest BCUT2D eigenvalue weighted by Crippen LogP contribution is 2.29. The average Bonchev–Trinajstić information content (AvgIpc) is 2.85. The van der Waals surface area contributed by atoms with E-state index in [1.54, 1.807) is 11.0 Å². The van der Waals surface area contributed by atoms with Crippen molar-refractivity contribution in [2.45, 2.75) is 39.3 Å². The van der Waals surface area contributed by atoms with E-state index in [1.807, 2.05) is 26.2 Å². The molecule has 0 saturated carbocycles. The predicted octanol–water partition coefficient (Wildman–Crippen LogP) is 2.96. The van der Waals surface area contributed by atoms with Crippen molar-refractivity contribution >= 4 is 23.3 Å². The maximum atomic E-state index is 12.1. The van der Waals surface area contributed by atoms with Crippen molar-refractivity contribution in [2.75, 3.05) is 13.1 Å². The molecule has 0 bridgehead atoms. The zero-order valence-corrected chi connectivity index (χ0v) is 14.1. The Bertz CT molecular complexity index is 587. The molecular formula is C16H22N2O3S. The normalized spacial score (nSPS) is 14.2. The van der Waals surface area contributed by atoms with Crippen molar-refractivity contribution in [1.29, 1.82) is 0 Å². The first kappa shape index (κ1) is 16.5. The van der Waals surface area contributed by atoms with Gasteiger partial charge in [0, 0.05) is 23.3 Å². The summed E-state index contributed by atoms with van der Waals surface area (Å²) in [4.78, 5) is 27.0. The maximum absolute atomic E-state index is 12.1. The molecule has 0 aromatic carbocycles. The van der Waals surface area contributed by atoms with Crippen LogP contribution in [0, 0.1) is 0 Å². The van der Waals surface area contributed by atoms with Gasteiger partial charge in [0.1, 0.15) is 5.60 Å². The molecule has 2 amide bonds. The third-order valence-electron chi connectivity index (χ3n) is 3.25. The molecule has 0 fully saturated rings. The summed E-state index contributed by atoms with van der Waals surface area (Å²) in [6, 6.07) is 0. The fourth-order valence-corrected chi connectivity index (χ4v) is 3.36. The van der Waals surface area contributed by atoms with Gasteiger partial charge in [-0.1, -0.05) is 6.08 Å². The van der Waals surface area contributed by atoms with Crippen LogP contribution >= 0.6 is 11.3 Å². The summed E-state index contributed by atoms with van der Waals surface area (Å²) < 4.78 is 5.40. The summed E-state index contributed by atoms with van der Waals surface area (Å²) in [6.45, 7) is 10.7. The molecule has 1 aromatic rings. The fourth-order valence-electron chi connectivity index (χ4n) is 2.26. The SMILES string of the molecule is C=CCNC(=O)c1csc2c1CCN(C(=O)OC(C)(C)C)C2. The van der Waals surface area contributed by atoms with Crippen LogP contribution < -0.4 is 5.32 Å². The quantitative estimate of drug-likeness (QED) is 0.871. The van der Waals surface area contributed by atoms with Crippen LogP contribution in [0.25, 0.3) is 0 Å². The van der Waals surface area contributed by atoms with Gasteiger partial charge in [-0.3, -0.25) is 4.79 Å². The van der Waals surface area contributed by atoms with Gasteiger partial charge in [0.15, 0.2) is 0 Å². The van der Waals surface area contributed by atoms with Gasteiger partial charge in [-0.05, 0) is 32.8 Å². The molecule has 5 nitrogen and oxygen atoms in total. The van der Waals surface area contributed by atoms with Crippen molar-refractivity contribution < 1.29 is 14.3 Å². The zero-order chi connectivity index (χ0) is 16.3. The second-order valence-corrected chi connectivity index (χ2v) is 7.17. The standard InChI is InChI=1S/C16H22N2O3S/c1-5-7-17-14(19)12-10-22-13-9-18(8-6-11(12)13)15(20)21-16(2,3)4/h5,10H,1,6-9H2,2-4H3,(H,17,19). The summed E-state index contributed by atoms with van der Waals surface area (Å²) in [5.74, 6) is -0.0804. The first-order valence-electron chi connectivity index (χ1n) is 7.28. The molecule has 0 unspecified atom stereocenters. The van der Waals surface area contributed by atoms with Crippen molar-refractivity contribution in [3.05, 3.63) is 34.0 Å². The van der Waals surface area contributed by atoms with E-state index in [1.165, 1.54) is 11.3 Å². The van der Waals surface area contributed by atoms with Gasteiger partial charge in [0.05, 0.1) is 12.1 Å². The molecule has 0 atom stereocenters. The largest absolute Gasteiger partial charge is 0.444 e. The highest BCUT2D eigenvalue weighted by atomic mass is 32.1. The molecule has 0 radical (unpaired) electrons. The Morgan fingerprint density at radius 3 is 2.86 bits per heavy atom. The minimum atomic E-state index is -0.497. The van der Waals surface area contributed by atoms with Crippen molar-refractivity contribution in [3.8, 4) is 0 Å². The van der Waals surface area contributed by atoms with Crippen LogP contribution in [-0.2, 0) is 17.7 Å². The van der Waals surface area contributed by atoms with Gasteiger partial charge in [-0.25, -0.2) is 4.79 Å². The fraction of sp³-hybridized carbons (Fsp3) is 0.500. The molecule has 2 rings (SSSR count). The number of fused-ring (bicyclic) bond motifs is 1. The summed E-state index contributed by atoms with van der Waals surface area (Å²) in [5.41, 5.74) is 1.26. The third kappa shape index (κ3) is 3.88. The lowest BCUT2D eigenvalue weighted by molar-refractivity contribution is 0.0226. The zero-order valence-electron chi connectivity index (χ0n) is 13.3. The Hall–Kier alpha value is -1.82. The van der Waals surface area contributed by atoms with E-state index in [-0.39, 0.29) is 12.0 Å². The first-order chi connectivity index (χ1) is 10.3. The van der Waals surface area contributed by atoms with E-state index in [9.17, 15) is 9.59 Å². The molecule has 1 N–H and O–H groups in total. The predicted molar refractivity (Wildman–Crippen MR) is 87.2 cm³/mol. The lowest BCUT2D eigenvalue weighted by atomic mass is 10.0. The Labute approximate surface area is 135 Å². The lowest BCUT2D eigenvalue weighted by Crippen LogP contribution is -2.39. The number of hydrogen-bond donors (Lipinski definition) is 1. The number of amides is 2. The van der Waals surface area contributed by atoms with Crippen molar-refractivity contribution in [2.24, 2.45) is 0 Å². The Balaban J connectivity index is 2.07. The summed E-state index contributed by atoms with van der Waals surface area (Å²) in [5, 5.41) is 4.66. The number of carbonyl (C=O) groups is 2. The number of hydrogen-bond acceptors (Lipinski definition) is 4. The van der Waals surface area contributed by atoms with Crippen LogP contribution in [0.4, 0.5) is 4.79 Å². The van der Waals surface area contributed by atoms with Crippen LogP contribution in [0.1, 0.15) is 41.6 Å². The molecule has 0 spiro atoms. The molecular weight excluding hydrogens is 300 g/mol. The van der Waals surface area contributed by atoms with Gasteiger partial charge >= 0.3 is 6.09 Å². The molecule has 120 valence electrons. The number of nitrogens with one attached hydrogen (secondary N) is 1. The molecule has 6 heteroatoms.